The van der Waals surface area contributed by atoms with Crippen molar-refractivity contribution in [2.75, 3.05) is 11.9 Å². The molecule has 0 fully saturated rings. The van der Waals surface area contributed by atoms with Gasteiger partial charge in [0.25, 0.3) is 0 Å². The van der Waals surface area contributed by atoms with Crippen LogP contribution in [0.4, 0.5) is 5.82 Å². The second-order valence-corrected chi connectivity index (χ2v) is 8.29. The normalized spacial score (nSPS) is 11.1. The lowest BCUT2D eigenvalue weighted by Gasteiger charge is -2.19. The standard InChI is InChI=1S/C27H23N3S/c1-3-9-20(10-4-1)23(21-11-5-2-6-12-21)15-17-28-27-24-13-7-8-14-25(24)29-26(30-27)22-16-18-31-19-22/h1-14,16,18-19,23H,15,17H2,(H,28,29,30). The lowest BCUT2D eigenvalue weighted by Crippen LogP contribution is -2.11. The summed E-state index contributed by atoms with van der Waals surface area (Å²) in [4.78, 5) is 9.64. The molecule has 0 saturated heterocycles. The van der Waals surface area contributed by atoms with E-state index >= 15 is 0 Å². The minimum Gasteiger partial charge on any atom is -0.369 e. The van der Waals surface area contributed by atoms with E-state index in [4.69, 9.17) is 9.97 Å². The second kappa shape index (κ2) is 9.11. The summed E-state index contributed by atoms with van der Waals surface area (Å²) in [5.41, 5.74) is 4.69. The lowest BCUT2D eigenvalue weighted by atomic mass is 9.88. The Labute approximate surface area is 186 Å². The molecule has 2 heterocycles. The molecule has 3 nitrogen and oxygen atoms in total. The van der Waals surface area contributed by atoms with Gasteiger partial charge in [0.05, 0.1) is 5.52 Å². The maximum absolute atomic E-state index is 4.87. The molecular formula is C27H23N3S. The lowest BCUT2D eigenvalue weighted by molar-refractivity contribution is 0.743. The number of fused-ring (bicyclic) bond motifs is 1. The molecule has 5 aromatic rings. The molecule has 0 aliphatic carbocycles. The fourth-order valence-electron chi connectivity index (χ4n) is 3.96. The van der Waals surface area contributed by atoms with Gasteiger partial charge in [-0.3, -0.25) is 0 Å². The molecule has 0 bridgehead atoms. The number of nitrogens with zero attached hydrogens (tertiary/aromatic N) is 2. The van der Waals surface area contributed by atoms with E-state index in [9.17, 15) is 0 Å². The number of hydrogen-bond acceptors (Lipinski definition) is 4. The molecule has 31 heavy (non-hydrogen) atoms. The van der Waals surface area contributed by atoms with Gasteiger partial charge in [-0.25, -0.2) is 9.97 Å². The summed E-state index contributed by atoms with van der Waals surface area (Å²) in [6.07, 6.45) is 0.972. The highest BCUT2D eigenvalue weighted by Crippen LogP contribution is 2.29. The molecular weight excluding hydrogens is 398 g/mol. The van der Waals surface area contributed by atoms with E-state index < -0.39 is 0 Å². The highest BCUT2D eigenvalue weighted by atomic mass is 32.1. The third-order valence-electron chi connectivity index (χ3n) is 5.51. The number of thiophene rings is 1. The number of rotatable bonds is 7. The zero-order chi connectivity index (χ0) is 20.9. The first-order valence-electron chi connectivity index (χ1n) is 10.5. The molecule has 0 unspecified atom stereocenters. The molecule has 2 aromatic heterocycles. The topological polar surface area (TPSA) is 37.8 Å². The maximum atomic E-state index is 4.87. The molecule has 3 aromatic carbocycles. The molecule has 0 amide bonds. The first-order chi connectivity index (χ1) is 15.4. The molecule has 1 N–H and O–H groups in total. The van der Waals surface area contributed by atoms with Crippen molar-refractivity contribution in [1.82, 2.24) is 9.97 Å². The van der Waals surface area contributed by atoms with Crippen molar-refractivity contribution in [2.45, 2.75) is 12.3 Å². The Kier molecular flexibility index (Phi) is 5.72. The van der Waals surface area contributed by atoms with Gasteiger partial charge < -0.3 is 5.32 Å². The third-order valence-corrected chi connectivity index (χ3v) is 6.20. The smallest absolute Gasteiger partial charge is 0.162 e. The highest BCUT2D eigenvalue weighted by Gasteiger charge is 2.15. The summed E-state index contributed by atoms with van der Waals surface area (Å²) < 4.78 is 0. The summed E-state index contributed by atoms with van der Waals surface area (Å²) in [6.45, 7) is 0.818. The number of para-hydroxylation sites is 1. The van der Waals surface area contributed by atoms with Crippen LogP contribution in [0.2, 0.25) is 0 Å². The molecule has 152 valence electrons. The number of aromatic nitrogens is 2. The first kappa shape index (κ1) is 19.5. The van der Waals surface area contributed by atoms with Gasteiger partial charge in [-0.2, -0.15) is 11.3 Å². The van der Waals surface area contributed by atoms with Crippen molar-refractivity contribution in [3.8, 4) is 11.4 Å². The average Bonchev–Trinajstić information content (AvgIpc) is 3.38. The number of nitrogens with one attached hydrogen (secondary N) is 1. The van der Waals surface area contributed by atoms with E-state index in [-0.39, 0.29) is 0 Å². The number of benzene rings is 3. The van der Waals surface area contributed by atoms with Gasteiger partial charge in [-0.1, -0.05) is 72.8 Å². The minimum atomic E-state index is 0.333. The van der Waals surface area contributed by atoms with Gasteiger partial charge in [0.1, 0.15) is 5.82 Å². The van der Waals surface area contributed by atoms with Gasteiger partial charge in [-0.15, -0.1) is 0 Å². The number of hydrogen-bond donors (Lipinski definition) is 1. The van der Waals surface area contributed by atoms with Crippen LogP contribution in [-0.4, -0.2) is 16.5 Å². The van der Waals surface area contributed by atoms with Crippen molar-refractivity contribution >= 4 is 28.1 Å². The predicted octanol–water partition coefficient (Wildman–Crippen LogP) is 6.99. The SMILES string of the molecule is c1ccc(C(CCNc2nc(-c3ccsc3)nc3ccccc23)c2ccccc2)cc1. The van der Waals surface area contributed by atoms with Crippen molar-refractivity contribution in [2.24, 2.45) is 0 Å². The Morgan fingerprint density at radius 3 is 2.10 bits per heavy atom. The molecule has 0 radical (unpaired) electrons. The van der Waals surface area contributed by atoms with Crippen LogP contribution >= 0.6 is 11.3 Å². The van der Waals surface area contributed by atoms with Crippen LogP contribution in [0.3, 0.4) is 0 Å². The number of anilines is 1. The average molecular weight is 422 g/mol. The Morgan fingerprint density at radius 1 is 0.742 bits per heavy atom. The van der Waals surface area contributed by atoms with Gasteiger partial charge in [0, 0.05) is 28.8 Å². The summed E-state index contributed by atoms with van der Waals surface area (Å²) in [5.74, 6) is 2.00. The highest BCUT2D eigenvalue weighted by molar-refractivity contribution is 7.08. The molecule has 0 spiro atoms. The monoisotopic (exact) mass is 421 g/mol. The quantitative estimate of drug-likeness (QED) is 0.308. The van der Waals surface area contributed by atoms with Gasteiger partial charge in [0.2, 0.25) is 0 Å². The van der Waals surface area contributed by atoms with Gasteiger partial charge >= 0.3 is 0 Å². The van der Waals surface area contributed by atoms with E-state index in [1.165, 1.54) is 11.1 Å². The molecule has 0 aliphatic heterocycles. The van der Waals surface area contributed by atoms with Crippen LogP contribution < -0.4 is 5.32 Å². The van der Waals surface area contributed by atoms with Crippen LogP contribution in [0.15, 0.2) is 102 Å². The van der Waals surface area contributed by atoms with Crippen LogP contribution in [0.25, 0.3) is 22.3 Å². The van der Waals surface area contributed by atoms with Gasteiger partial charge in [0.15, 0.2) is 5.82 Å². The first-order valence-corrected chi connectivity index (χ1v) is 11.5. The van der Waals surface area contributed by atoms with Crippen LogP contribution in [-0.2, 0) is 0 Å². The van der Waals surface area contributed by atoms with E-state index in [1.54, 1.807) is 11.3 Å². The molecule has 0 aliphatic rings. The van der Waals surface area contributed by atoms with Crippen molar-refractivity contribution < 1.29 is 0 Å². The Bertz CT molecular complexity index is 1210. The van der Waals surface area contributed by atoms with E-state index in [0.717, 1.165) is 41.1 Å². The fraction of sp³-hybridized carbons (Fsp3) is 0.111. The molecule has 0 atom stereocenters. The summed E-state index contributed by atoms with van der Waals surface area (Å²) >= 11 is 1.66. The zero-order valence-electron chi connectivity index (χ0n) is 17.1. The summed E-state index contributed by atoms with van der Waals surface area (Å²) in [5, 5.41) is 8.82. The second-order valence-electron chi connectivity index (χ2n) is 7.51. The molecule has 0 saturated carbocycles. The van der Waals surface area contributed by atoms with E-state index in [1.807, 2.05) is 12.1 Å². The summed E-state index contributed by atoms with van der Waals surface area (Å²) in [6, 6.07) is 31.7. The van der Waals surface area contributed by atoms with E-state index in [0.29, 0.717) is 5.92 Å². The fourth-order valence-corrected chi connectivity index (χ4v) is 4.60. The molecule has 5 rings (SSSR count). The Hall–Kier alpha value is -3.50. The van der Waals surface area contributed by atoms with Crippen molar-refractivity contribution in [3.63, 3.8) is 0 Å². The van der Waals surface area contributed by atoms with Crippen molar-refractivity contribution in [3.05, 3.63) is 113 Å². The Morgan fingerprint density at radius 2 is 1.42 bits per heavy atom. The van der Waals surface area contributed by atoms with Crippen LogP contribution in [0.5, 0.6) is 0 Å². The van der Waals surface area contributed by atoms with Crippen LogP contribution in [0.1, 0.15) is 23.5 Å². The zero-order valence-corrected chi connectivity index (χ0v) is 17.9. The maximum Gasteiger partial charge on any atom is 0.162 e. The molecule has 4 heteroatoms. The Balaban J connectivity index is 1.42. The van der Waals surface area contributed by atoms with Crippen LogP contribution in [0, 0.1) is 0 Å². The van der Waals surface area contributed by atoms with Gasteiger partial charge in [-0.05, 0) is 41.1 Å². The van der Waals surface area contributed by atoms with Crippen molar-refractivity contribution in [1.29, 1.82) is 0 Å². The third kappa shape index (κ3) is 4.35. The predicted molar refractivity (Wildman–Crippen MR) is 131 cm³/mol. The van der Waals surface area contributed by atoms with E-state index in [2.05, 4.69) is 94.9 Å². The minimum absolute atomic E-state index is 0.333. The summed E-state index contributed by atoms with van der Waals surface area (Å²) in [7, 11) is 0. The largest absolute Gasteiger partial charge is 0.369 e.